The monoisotopic (exact) mass is 425 g/mol. The number of hydrogen-bond acceptors (Lipinski definition) is 5. The summed E-state index contributed by atoms with van der Waals surface area (Å²) in [6.45, 7) is 6.44. The summed E-state index contributed by atoms with van der Waals surface area (Å²) in [5.74, 6) is -0.274. The van der Waals surface area contributed by atoms with Crippen LogP contribution < -0.4 is 26.8 Å². The van der Waals surface area contributed by atoms with Gasteiger partial charge in [-0.3, -0.25) is 19.1 Å². The fourth-order valence-electron chi connectivity index (χ4n) is 3.67. The molecule has 3 rings (SSSR count). The summed E-state index contributed by atoms with van der Waals surface area (Å²) < 4.78 is 1.34. The molecule has 1 aliphatic rings. The Hall–Kier alpha value is -3.29. The molecule has 0 saturated carbocycles. The van der Waals surface area contributed by atoms with Gasteiger partial charge in [0.15, 0.2) is 5.69 Å². The van der Waals surface area contributed by atoms with E-state index in [-0.39, 0.29) is 17.4 Å². The highest BCUT2D eigenvalue weighted by Gasteiger charge is 2.25. The van der Waals surface area contributed by atoms with Gasteiger partial charge in [0.1, 0.15) is 5.82 Å². The van der Waals surface area contributed by atoms with Crippen LogP contribution in [0.5, 0.6) is 0 Å². The highest BCUT2D eigenvalue weighted by molar-refractivity contribution is 6.07. The summed E-state index contributed by atoms with van der Waals surface area (Å²) in [7, 11) is 0. The Kier molecular flexibility index (Phi) is 7.33. The van der Waals surface area contributed by atoms with Gasteiger partial charge in [-0.05, 0) is 37.1 Å². The van der Waals surface area contributed by atoms with E-state index in [1.165, 1.54) is 9.47 Å². The van der Waals surface area contributed by atoms with Crippen LogP contribution in [0.15, 0.2) is 46.0 Å². The summed E-state index contributed by atoms with van der Waals surface area (Å²) in [6, 6.07) is 7.36. The molecule has 1 aromatic heterocycles. The van der Waals surface area contributed by atoms with Gasteiger partial charge in [0, 0.05) is 37.4 Å². The Morgan fingerprint density at radius 2 is 1.71 bits per heavy atom. The molecular formula is C23H31N5O3. The Bertz CT molecular complexity index is 1040. The van der Waals surface area contributed by atoms with Crippen molar-refractivity contribution in [1.29, 1.82) is 0 Å². The van der Waals surface area contributed by atoms with Crippen molar-refractivity contribution in [2.45, 2.75) is 46.1 Å². The second-order valence-corrected chi connectivity index (χ2v) is 7.73. The van der Waals surface area contributed by atoms with Crippen molar-refractivity contribution in [1.82, 2.24) is 9.55 Å². The third kappa shape index (κ3) is 4.90. The Labute approximate surface area is 182 Å². The summed E-state index contributed by atoms with van der Waals surface area (Å²) >= 11 is 0. The van der Waals surface area contributed by atoms with Crippen molar-refractivity contribution in [2.75, 3.05) is 35.2 Å². The van der Waals surface area contributed by atoms with Crippen molar-refractivity contribution in [3.8, 4) is 0 Å². The minimum absolute atomic E-state index is 0.0337. The molecule has 0 fully saturated rings. The molecule has 0 bridgehead atoms. The van der Waals surface area contributed by atoms with E-state index >= 15 is 0 Å². The number of carbonyl (C=O) groups excluding carboxylic acids is 1. The summed E-state index contributed by atoms with van der Waals surface area (Å²) in [5, 5.41) is 0. The van der Waals surface area contributed by atoms with E-state index in [9.17, 15) is 14.4 Å². The SMILES string of the molecule is CCCCN(C(=O)c1ccc(N2CC=CC2)cc1)c1c(N)n(CCCC)c(=O)[nH]c1=O. The lowest BCUT2D eigenvalue weighted by molar-refractivity contribution is 0.0986. The first-order valence-corrected chi connectivity index (χ1v) is 10.9. The quantitative estimate of drug-likeness (QED) is 0.601. The fourth-order valence-corrected chi connectivity index (χ4v) is 3.67. The molecule has 0 atom stereocenters. The first-order chi connectivity index (χ1) is 15.0. The number of nitrogens with zero attached hydrogens (tertiary/aromatic N) is 3. The second kappa shape index (κ2) is 10.1. The largest absolute Gasteiger partial charge is 0.383 e. The number of hydrogen-bond donors (Lipinski definition) is 2. The number of H-pyrrole nitrogens is 1. The van der Waals surface area contributed by atoms with E-state index in [1.807, 2.05) is 26.0 Å². The number of nitrogens with two attached hydrogens (primary N) is 1. The predicted octanol–water partition coefficient (Wildman–Crippen LogP) is 2.74. The van der Waals surface area contributed by atoms with E-state index in [1.54, 1.807) is 12.1 Å². The van der Waals surface area contributed by atoms with Crippen LogP contribution in [0.25, 0.3) is 0 Å². The molecule has 1 amide bonds. The van der Waals surface area contributed by atoms with Crippen molar-refractivity contribution in [3.63, 3.8) is 0 Å². The average Bonchev–Trinajstić information content (AvgIpc) is 3.30. The van der Waals surface area contributed by atoms with Gasteiger partial charge < -0.3 is 15.5 Å². The molecule has 2 heterocycles. The van der Waals surface area contributed by atoms with Gasteiger partial charge in [-0.1, -0.05) is 38.8 Å². The number of nitrogens with one attached hydrogen (secondary N) is 1. The van der Waals surface area contributed by atoms with Crippen LogP contribution in [0.1, 0.15) is 49.9 Å². The van der Waals surface area contributed by atoms with Crippen molar-refractivity contribution < 1.29 is 4.79 Å². The van der Waals surface area contributed by atoms with E-state index in [0.29, 0.717) is 25.1 Å². The molecule has 166 valence electrons. The second-order valence-electron chi connectivity index (χ2n) is 7.73. The maximum Gasteiger partial charge on any atom is 0.330 e. The zero-order chi connectivity index (χ0) is 22.4. The number of rotatable bonds is 9. The molecule has 0 saturated heterocycles. The summed E-state index contributed by atoms with van der Waals surface area (Å²) in [5.41, 5.74) is 6.61. The van der Waals surface area contributed by atoms with E-state index in [4.69, 9.17) is 5.73 Å². The standard InChI is InChI=1S/C23H31N5O3/c1-3-5-15-27(19-20(24)28(16-6-4-2)23(31)25-21(19)29)22(30)17-9-11-18(12-10-17)26-13-7-8-14-26/h7-12H,3-6,13-16,24H2,1-2H3,(H,25,29,31). The van der Waals surface area contributed by atoms with Gasteiger partial charge in [-0.25, -0.2) is 4.79 Å². The molecule has 0 radical (unpaired) electrons. The average molecular weight is 426 g/mol. The first-order valence-electron chi connectivity index (χ1n) is 10.9. The van der Waals surface area contributed by atoms with Crippen molar-refractivity contribution in [2.24, 2.45) is 0 Å². The minimum Gasteiger partial charge on any atom is -0.383 e. The summed E-state index contributed by atoms with van der Waals surface area (Å²) in [6.07, 6.45) is 7.37. The third-order valence-electron chi connectivity index (χ3n) is 5.50. The Balaban J connectivity index is 1.97. The molecule has 8 nitrogen and oxygen atoms in total. The summed E-state index contributed by atoms with van der Waals surface area (Å²) in [4.78, 5) is 44.3. The van der Waals surface area contributed by atoms with Crippen LogP contribution >= 0.6 is 0 Å². The van der Waals surface area contributed by atoms with E-state index in [0.717, 1.165) is 38.0 Å². The highest BCUT2D eigenvalue weighted by atomic mass is 16.2. The van der Waals surface area contributed by atoms with E-state index < -0.39 is 11.2 Å². The number of unbranched alkanes of at least 4 members (excludes halogenated alkanes) is 2. The lowest BCUT2D eigenvalue weighted by Gasteiger charge is -2.25. The van der Waals surface area contributed by atoms with Crippen molar-refractivity contribution in [3.05, 3.63) is 62.8 Å². The minimum atomic E-state index is -0.639. The number of aromatic amines is 1. The number of anilines is 3. The number of amides is 1. The van der Waals surface area contributed by atoms with E-state index in [2.05, 4.69) is 22.0 Å². The van der Waals surface area contributed by atoms with Crippen LogP contribution in [0.2, 0.25) is 0 Å². The van der Waals surface area contributed by atoms with Crippen LogP contribution in [0.4, 0.5) is 17.2 Å². The number of benzene rings is 1. The van der Waals surface area contributed by atoms with Crippen LogP contribution in [-0.4, -0.2) is 35.1 Å². The molecule has 1 aliphatic heterocycles. The lowest BCUT2D eigenvalue weighted by atomic mass is 10.1. The number of aromatic nitrogens is 2. The highest BCUT2D eigenvalue weighted by Crippen LogP contribution is 2.23. The molecule has 2 aromatic rings. The lowest BCUT2D eigenvalue weighted by Crippen LogP contribution is -2.41. The topological polar surface area (TPSA) is 104 Å². The zero-order valence-electron chi connectivity index (χ0n) is 18.3. The van der Waals surface area contributed by atoms with Gasteiger partial charge in [0.2, 0.25) is 0 Å². The maximum atomic E-state index is 13.4. The predicted molar refractivity (Wildman–Crippen MR) is 125 cm³/mol. The van der Waals surface area contributed by atoms with Gasteiger partial charge in [-0.2, -0.15) is 0 Å². The maximum absolute atomic E-state index is 13.4. The molecule has 0 unspecified atom stereocenters. The van der Waals surface area contributed by atoms with Gasteiger partial charge >= 0.3 is 5.69 Å². The van der Waals surface area contributed by atoms with Crippen LogP contribution in [-0.2, 0) is 6.54 Å². The number of carbonyl (C=O) groups is 1. The van der Waals surface area contributed by atoms with Gasteiger partial charge in [0.25, 0.3) is 11.5 Å². The fraction of sp³-hybridized carbons (Fsp3) is 0.435. The Morgan fingerprint density at radius 1 is 1.06 bits per heavy atom. The third-order valence-corrected chi connectivity index (χ3v) is 5.50. The molecule has 8 heteroatoms. The molecule has 1 aromatic carbocycles. The zero-order valence-corrected chi connectivity index (χ0v) is 18.3. The van der Waals surface area contributed by atoms with Crippen LogP contribution in [0, 0.1) is 0 Å². The first kappa shape index (κ1) is 22.4. The number of nitrogen functional groups attached to an aromatic ring is 1. The van der Waals surface area contributed by atoms with Gasteiger partial charge in [-0.15, -0.1) is 0 Å². The molecule has 0 spiro atoms. The Morgan fingerprint density at radius 3 is 2.32 bits per heavy atom. The molecule has 31 heavy (non-hydrogen) atoms. The smallest absolute Gasteiger partial charge is 0.330 e. The molecular weight excluding hydrogens is 394 g/mol. The van der Waals surface area contributed by atoms with Crippen LogP contribution in [0.3, 0.4) is 0 Å². The van der Waals surface area contributed by atoms with Crippen molar-refractivity contribution >= 4 is 23.1 Å². The normalized spacial score (nSPS) is 13.0. The van der Waals surface area contributed by atoms with Gasteiger partial charge in [0.05, 0.1) is 0 Å². The molecule has 3 N–H and O–H groups in total. The molecule has 0 aliphatic carbocycles.